The molecule has 0 heterocycles. The van der Waals surface area contributed by atoms with Crippen LogP contribution in [0.5, 0.6) is 0 Å². The van der Waals surface area contributed by atoms with Crippen molar-refractivity contribution < 1.29 is 38.4 Å². The average Bonchev–Trinajstić information content (AvgIpc) is 2.56. The molecular weight excluding hydrogens is 322 g/mol. The predicted octanol–water partition coefficient (Wildman–Crippen LogP) is -0.320. The summed E-state index contributed by atoms with van der Waals surface area (Å²) in [6.45, 7) is 4.74. The van der Waals surface area contributed by atoms with Crippen LogP contribution in [0.15, 0.2) is 0 Å². The summed E-state index contributed by atoms with van der Waals surface area (Å²) < 4.78 is 25.9. The van der Waals surface area contributed by atoms with Crippen molar-refractivity contribution in [3.8, 4) is 0 Å². The zero-order valence-electron chi connectivity index (χ0n) is 14.3. The quantitative estimate of drug-likeness (QED) is 0.323. The number of carbonyl (C=O) groups is 2. The van der Waals surface area contributed by atoms with E-state index in [0.717, 1.165) is 0 Å². The fraction of sp³-hybridized carbons (Fsp3) is 0.867. The fourth-order valence-electron chi connectivity index (χ4n) is 1.48. The standard InChI is InChI=1S/C15H29NO8/c1-20-6-7-22-10-11-24-13-12-23-9-8-21-5-4-16-14(17)2-3-15(18)19/h2-13H2,1H3,(H,16,17)(H,18,19). The van der Waals surface area contributed by atoms with Gasteiger partial charge in [0.1, 0.15) is 0 Å². The number of nitrogens with one attached hydrogen (secondary N) is 1. The van der Waals surface area contributed by atoms with Gasteiger partial charge in [0.15, 0.2) is 0 Å². The number of carboxylic acid groups (broad SMARTS) is 1. The molecule has 0 saturated carbocycles. The van der Waals surface area contributed by atoms with Crippen molar-refractivity contribution in [3.63, 3.8) is 0 Å². The maximum Gasteiger partial charge on any atom is 0.303 e. The van der Waals surface area contributed by atoms with Crippen molar-refractivity contribution in [1.82, 2.24) is 5.32 Å². The van der Waals surface area contributed by atoms with Gasteiger partial charge in [-0.15, -0.1) is 0 Å². The molecule has 0 unspecified atom stereocenters. The van der Waals surface area contributed by atoms with Crippen LogP contribution in [0.4, 0.5) is 0 Å². The van der Waals surface area contributed by atoms with E-state index >= 15 is 0 Å². The summed E-state index contributed by atoms with van der Waals surface area (Å²) in [5, 5.41) is 11.0. The van der Waals surface area contributed by atoms with Gasteiger partial charge in [0.05, 0.1) is 65.9 Å². The van der Waals surface area contributed by atoms with E-state index in [9.17, 15) is 9.59 Å². The Hall–Kier alpha value is -1.26. The number of ether oxygens (including phenoxy) is 5. The SMILES string of the molecule is COCCOCCOCCOCCOCCNC(=O)CCC(=O)O. The Kier molecular flexibility index (Phi) is 17.1. The van der Waals surface area contributed by atoms with E-state index in [0.29, 0.717) is 66.0 Å². The maximum atomic E-state index is 11.2. The fourth-order valence-corrected chi connectivity index (χ4v) is 1.48. The van der Waals surface area contributed by atoms with Gasteiger partial charge in [0, 0.05) is 20.1 Å². The lowest BCUT2D eigenvalue weighted by Crippen LogP contribution is -2.27. The molecule has 0 fully saturated rings. The van der Waals surface area contributed by atoms with E-state index < -0.39 is 5.97 Å². The van der Waals surface area contributed by atoms with Crippen LogP contribution < -0.4 is 5.32 Å². The third-order valence-electron chi connectivity index (χ3n) is 2.68. The third kappa shape index (κ3) is 18.8. The van der Waals surface area contributed by atoms with Crippen LogP contribution >= 0.6 is 0 Å². The second-order valence-electron chi connectivity index (χ2n) is 4.69. The van der Waals surface area contributed by atoms with E-state index in [1.807, 2.05) is 0 Å². The Morgan fingerprint density at radius 3 is 1.67 bits per heavy atom. The molecule has 0 spiro atoms. The molecule has 0 aromatic heterocycles. The normalized spacial score (nSPS) is 10.7. The van der Waals surface area contributed by atoms with Crippen LogP contribution in [0.2, 0.25) is 0 Å². The van der Waals surface area contributed by atoms with E-state index in [4.69, 9.17) is 28.8 Å². The number of carboxylic acids is 1. The molecule has 0 atom stereocenters. The van der Waals surface area contributed by atoms with Crippen LogP contribution in [0.3, 0.4) is 0 Å². The molecule has 0 bridgehead atoms. The van der Waals surface area contributed by atoms with Gasteiger partial charge in [-0.3, -0.25) is 9.59 Å². The number of methoxy groups -OCH3 is 1. The third-order valence-corrected chi connectivity index (χ3v) is 2.68. The maximum absolute atomic E-state index is 11.2. The molecule has 9 heteroatoms. The lowest BCUT2D eigenvalue weighted by atomic mass is 10.3. The summed E-state index contributed by atoms with van der Waals surface area (Å²) in [6.07, 6.45) is -0.183. The number of carbonyl (C=O) groups excluding carboxylic acids is 1. The topological polar surface area (TPSA) is 113 Å². The molecule has 0 aromatic rings. The minimum atomic E-state index is -0.985. The molecule has 0 aliphatic carbocycles. The largest absolute Gasteiger partial charge is 0.481 e. The van der Waals surface area contributed by atoms with E-state index in [2.05, 4.69) is 5.32 Å². The minimum absolute atomic E-state index is 0.0180. The monoisotopic (exact) mass is 351 g/mol. The van der Waals surface area contributed by atoms with Crippen LogP contribution in [0, 0.1) is 0 Å². The van der Waals surface area contributed by atoms with Gasteiger partial charge < -0.3 is 34.1 Å². The van der Waals surface area contributed by atoms with Crippen molar-refractivity contribution >= 4 is 11.9 Å². The molecule has 24 heavy (non-hydrogen) atoms. The highest BCUT2D eigenvalue weighted by Gasteiger charge is 2.04. The number of aliphatic carboxylic acids is 1. The molecule has 0 radical (unpaired) electrons. The second-order valence-corrected chi connectivity index (χ2v) is 4.69. The first kappa shape index (κ1) is 22.7. The predicted molar refractivity (Wildman–Crippen MR) is 85.0 cm³/mol. The van der Waals surface area contributed by atoms with Crippen LogP contribution in [-0.4, -0.2) is 90.1 Å². The van der Waals surface area contributed by atoms with E-state index in [-0.39, 0.29) is 18.7 Å². The van der Waals surface area contributed by atoms with Gasteiger partial charge in [-0.2, -0.15) is 0 Å². The van der Waals surface area contributed by atoms with Crippen molar-refractivity contribution in [2.24, 2.45) is 0 Å². The van der Waals surface area contributed by atoms with Gasteiger partial charge in [-0.25, -0.2) is 0 Å². The van der Waals surface area contributed by atoms with Gasteiger partial charge in [0.2, 0.25) is 5.91 Å². The van der Waals surface area contributed by atoms with Crippen molar-refractivity contribution in [3.05, 3.63) is 0 Å². The summed E-state index contributed by atoms with van der Waals surface area (Å²) in [4.78, 5) is 21.5. The number of hydrogen-bond donors (Lipinski definition) is 2. The first-order valence-corrected chi connectivity index (χ1v) is 7.95. The van der Waals surface area contributed by atoms with E-state index in [1.54, 1.807) is 7.11 Å². The summed E-state index contributed by atoms with van der Waals surface area (Å²) in [6, 6.07) is 0. The van der Waals surface area contributed by atoms with Crippen molar-refractivity contribution in [1.29, 1.82) is 0 Å². The first-order valence-electron chi connectivity index (χ1n) is 7.95. The summed E-state index contributed by atoms with van der Waals surface area (Å²) in [5.74, 6) is -1.28. The number of amides is 1. The molecule has 1 amide bonds. The molecule has 0 saturated heterocycles. The van der Waals surface area contributed by atoms with Crippen LogP contribution in [-0.2, 0) is 33.3 Å². The highest BCUT2D eigenvalue weighted by Crippen LogP contribution is 1.88. The van der Waals surface area contributed by atoms with Gasteiger partial charge in [-0.05, 0) is 0 Å². The zero-order valence-corrected chi connectivity index (χ0v) is 14.3. The highest BCUT2D eigenvalue weighted by atomic mass is 16.6. The summed E-state index contributed by atoms with van der Waals surface area (Å²) in [7, 11) is 1.62. The average molecular weight is 351 g/mol. The molecule has 0 rings (SSSR count). The highest BCUT2D eigenvalue weighted by molar-refractivity contribution is 5.80. The van der Waals surface area contributed by atoms with Gasteiger partial charge in [0.25, 0.3) is 0 Å². The molecule has 0 aliphatic rings. The number of hydrogen-bond acceptors (Lipinski definition) is 7. The Labute approximate surface area is 142 Å². The van der Waals surface area contributed by atoms with Crippen molar-refractivity contribution in [2.75, 3.05) is 73.1 Å². The summed E-state index contributed by atoms with van der Waals surface area (Å²) >= 11 is 0. The zero-order chi connectivity index (χ0) is 17.9. The Bertz CT molecular complexity index is 314. The van der Waals surface area contributed by atoms with Gasteiger partial charge in [-0.1, -0.05) is 0 Å². The minimum Gasteiger partial charge on any atom is -0.481 e. The van der Waals surface area contributed by atoms with Crippen molar-refractivity contribution in [2.45, 2.75) is 12.8 Å². The Morgan fingerprint density at radius 2 is 1.21 bits per heavy atom. The van der Waals surface area contributed by atoms with Crippen LogP contribution in [0.1, 0.15) is 12.8 Å². The second kappa shape index (κ2) is 18.1. The van der Waals surface area contributed by atoms with Gasteiger partial charge >= 0.3 is 5.97 Å². The number of rotatable bonds is 18. The first-order chi connectivity index (χ1) is 11.7. The summed E-state index contributed by atoms with van der Waals surface area (Å²) in [5.41, 5.74) is 0. The smallest absolute Gasteiger partial charge is 0.303 e. The lowest BCUT2D eigenvalue weighted by molar-refractivity contribution is -0.138. The van der Waals surface area contributed by atoms with Crippen LogP contribution in [0.25, 0.3) is 0 Å². The molecule has 0 aliphatic heterocycles. The molecular formula is C15H29NO8. The van der Waals surface area contributed by atoms with E-state index in [1.165, 1.54) is 0 Å². The molecule has 142 valence electrons. The Morgan fingerprint density at radius 1 is 0.750 bits per heavy atom. The molecule has 0 aromatic carbocycles. The molecule has 9 nitrogen and oxygen atoms in total. The molecule has 2 N–H and O–H groups in total. The Balaban J connectivity index is 3.10. The lowest BCUT2D eigenvalue weighted by Gasteiger charge is -2.08.